The Kier molecular flexibility index (Phi) is 8.50. The molecule has 0 saturated carbocycles. The van der Waals surface area contributed by atoms with Crippen molar-refractivity contribution < 1.29 is 19.4 Å². The van der Waals surface area contributed by atoms with Gasteiger partial charge in [-0.05, 0) is 47.9 Å². The number of urea groups is 1. The van der Waals surface area contributed by atoms with Crippen LogP contribution in [-0.4, -0.2) is 51.5 Å². The third kappa shape index (κ3) is 6.61. The lowest BCUT2D eigenvalue weighted by atomic mass is 10.1. The van der Waals surface area contributed by atoms with Crippen molar-refractivity contribution in [3.8, 4) is 22.6 Å². The zero-order valence-electron chi connectivity index (χ0n) is 20.1. The van der Waals surface area contributed by atoms with Gasteiger partial charge in [0.05, 0.1) is 19.0 Å². The van der Waals surface area contributed by atoms with Gasteiger partial charge >= 0.3 is 6.03 Å². The minimum atomic E-state index is -0.298. The molecule has 0 aliphatic rings. The predicted octanol–water partition coefficient (Wildman–Crippen LogP) is 4.48. The maximum absolute atomic E-state index is 13.3. The number of anilines is 1. The van der Waals surface area contributed by atoms with E-state index in [-0.39, 0.29) is 12.6 Å². The highest BCUT2D eigenvalue weighted by Gasteiger charge is 2.17. The molecule has 186 valence electrons. The molecule has 2 aromatic heterocycles. The van der Waals surface area contributed by atoms with Crippen molar-refractivity contribution in [2.75, 3.05) is 25.6 Å². The average Bonchev–Trinajstić information content (AvgIpc) is 3.46. The van der Waals surface area contributed by atoms with E-state index >= 15 is 0 Å². The summed E-state index contributed by atoms with van der Waals surface area (Å²) in [6.45, 7) is 1.03. The molecule has 9 nitrogen and oxygen atoms in total. The van der Waals surface area contributed by atoms with Crippen LogP contribution in [0.2, 0.25) is 0 Å². The van der Waals surface area contributed by atoms with E-state index in [0.717, 1.165) is 28.0 Å². The van der Waals surface area contributed by atoms with Crippen LogP contribution in [0.3, 0.4) is 0 Å². The first-order chi connectivity index (χ1) is 17.7. The van der Waals surface area contributed by atoms with Crippen molar-refractivity contribution in [2.45, 2.75) is 19.6 Å². The van der Waals surface area contributed by atoms with E-state index in [1.54, 1.807) is 36.8 Å². The maximum Gasteiger partial charge on any atom is 0.322 e. The third-order valence-corrected chi connectivity index (χ3v) is 5.55. The first-order valence-corrected chi connectivity index (χ1v) is 11.6. The summed E-state index contributed by atoms with van der Waals surface area (Å²) in [7, 11) is 1.61. The van der Waals surface area contributed by atoms with Crippen LogP contribution in [0.5, 0.6) is 11.5 Å². The minimum Gasteiger partial charge on any atom is -0.497 e. The van der Waals surface area contributed by atoms with Gasteiger partial charge in [0.1, 0.15) is 18.1 Å². The SMILES string of the molecule is COc1cccc(CN(CCCO)C(=O)Nc2ccc(-c3cn[nH]c3)cc2OCc2cccnc2)c1. The number of ether oxygens (including phenoxy) is 2. The monoisotopic (exact) mass is 487 g/mol. The fourth-order valence-corrected chi connectivity index (χ4v) is 3.68. The van der Waals surface area contributed by atoms with Gasteiger partial charge in [-0.2, -0.15) is 5.10 Å². The lowest BCUT2D eigenvalue weighted by Crippen LogP contribution is -2.35. The van der Waals surface area contributed by atoms with Crippen molar-refractivity contribution in [2.24, 2.45) is 0 Å². The fraction of sp³-hybridized carbons (Fsp3) is 0.222. The summed E-state index contributed by atoms with van der Waals surface area (Å²) in [5.41, 5.74) is 4.17. The summed E-state index contributed by atoms with van der Waals surface area (Å²) in [5.74, 6) is 1.24. The van der Waals surface area contributed by atoms with Gasteiger partial charge in [-0.1, -0.05) is 24.3 Å². The summed E-state index contributed by atoms with van der Waals surface area (Å²) in [6.07, 6.45) is 7.43. The largest absolute Gasteiger partial charge is 0.497 e. The van der Waals surface area contributed by atoms with Crippen molar-refractivity contribution in [1.82, 2.24) is 20.1 Å². The van der Waals surface area contributed by atoms with Crippen LogP contribution in [-0.2, 0) is 13.2 Å². The second-order valence-electron chi connectivity index (χ2n) is 8.13. The van der Waals surface area contributed by atoms with Crippen molar-refractivity contribution in [3.63, 3.8) is 0 Å². The summed E-state index contributed by atoms with van der Waals surface area (Å²) in [5, 5.41) is 19.2. The van der Waals surface area contributed by atoms with E-state index in [0.29, 0.717) is 37.6 Å². The number of aromatic nitrogens is 3. The number of aliphatic hydroxyl groups excluding tert-OH is 1. The lowest BCUT2D eigenvalue weighted by molar-refractivity contribution is 0.199. The molecule has 0 radical (unpaired) electrons. The minimum absolute atomic E-state index is 0.0131. The molecule has 0 fully saturated rings. The lowest BCUT2D eigenvalue weighted by Gasteiger charge is -2.24. The molecule has 2 heterocycles. The normalized spacial score (nSPS) is 10.6. The Morgan fingerprint density at radius 2 is 1.97 bits per heavy atom. The summed E-state index contributed by atoms with van der Waals surface area (Å²) in [4.78, 5) is 19.1. The van der Waals surface area contributed by atoms with Crippen LogP contribution in [0.25, 0.3) is 11.1 Å². The van der Waals surface area contributed by atoms with Gasteiger partial charge in [-0.25, -0.2) is 4.79 Å². The van der Waals surface area contributed by atoms with E-state index in [9.17, 15) is 9.90 Å². The Labute approximate surface area is 209 Å². The first kappa shape index (κ1) is 24.7. The number of carbonyl (C=O) groups is 1. The van der Waals surface area contributed by atoms with E-state index in [1.807, 2.05) is 54.6 Å². The van der Waals surface area contributed by atoms with E-state index in [1.165, 1.54) is 0 Å². The number of aliphatic hydroxyl groups is 1. The molecule has 2 amide bonds. The average molecular weight is 488 g/mol. The molecule has 0 aliphatic heterocycles. The quantitative estimate of drug-likeness (QED) is 0.288. The summed E-state index contributed by atoms with van der Waals surface area (Å²) < 4.78 is 11.4. The van der Waals surface area contributed by atoms with Crippen LogP contribution in [0.15, 0.2) is 79.4 Å². The molecule has 4 aromatic rings. The Morgan fingerprint density at radius 1 is 1.08 bits per heavy atom. The number of carbonyl (C=O) groups excluding carboxylic acids is 1. The molecule has 0 saturated heterocycles. The molecule has 36 heavy (non-hydrogen) atoms. The van der Waals surface area contributed by atoms with Gasteiger partial charge in [-0.15, -0.1) is 0 Å². The number of aromatic amines is 1. The molecule has 0 atom stereocenters. The van der Waals surface area contributed by atoms with Gasteiger partial charge in [0, 0.05) is 49.4 Å². The van der Waals surface area contributed by atoms with E-state index in [2.05, 4.69) is 20.5 Å². The van der Waals surface area contributed by atoms with E-state index < -0.39 is 0 Å². The number of nitrogens with one attached hydrogen (secondary N) is 2. The van der Waals surface area contributed by atoms with Gasteiger partial charge in [0.15, 0.2) is 0 Å². The summed E-state index contributed by atoms with van der Waals surface area (Å²) in [6, 6.07) is 16.6. The van der Waals surface area contributed by atoms with Crippen LogP contribution in [0.4, 0.5) is 10.5 Å². The topological polar surface area (TPSA) is 113 Å². The highest BCUT2D eigenvalue weighted by atomic mass is 16.5. The predicted molar refractivity (Wildman–Crippen MR) is 137 cm³/mol. The number of rotatable bonds is 11. The molecule has 3 N–H and O–H groups in total. The molecule has 0 bridgehead atoms. The van der Waals surface area contributed by atoms with Crippen LogP contribution < -0.4 is 14.8 Å². The maximum atomic E-state index is 13.3. The van der Waals surface area contributed by atoms with Gasteiger partial charge in [0.2, 0.25) is 0 Å². The molecule has 2 aromatic carbocycles. The Bertz CT molecular complexity index is 1250. The second-order valence-corrected chi connectivity index (χ2v) is 8.13. The number of methoxy groups -OCH3 is 1. The second kappa shape index (κ2) is 12.4. The third-order valence-electron chi connectivity index (χ3n) is 5.55. The van der Waals surface area contributed by atoms with Gasteiger partial charge < -0.3 is 24.8 Å². The molecular weight excluding hydrogens is 458 g/mol. The summed E-state index contributed by atoms with van der Waals surface area (Å²) >= 11 is 0. The zero-order chi connectivity index (χ0) is 25.2. The smallest absolute Gasteiger partial charge is 0.322 e. The zero-order valence-corrected chi connectivity index (χ0v) is 20.1. The van der Waals surface area contributed by atoms with Crippen molar-refractivity contribution in [3.05, 3.63) is 90.5 Å². The fourth-order valence-electron chi connectivity index (χ4n) is 3.68. The van der Waals surface area contributed by atoms with Crippen LogP contribution in [0.1, 0.15) is 17.5 Å². The highest BCUT2D eigenvalue weighted by molar-refractivity contribution is 5.91. The standard InChI is InChI=1S/C27H29N5O4/c1-35-24-7-2-5-20(13-24)18-32(11-4-12-33)27(34)31-25-9-8-22(23-16-29-30-17-23)14-26(25)36-19-21-6-3-10-28-15-21/h2-3,5-10,13-17,33H,4,11-12,18-19H2,1H3,(H,29,30)(H,31,34). The first-order valence-electron chi connectivity index (χ1n) is 11.6. The number of nitrogens with zero attached hydrogens (tertiary/aromatic N) is 3. The molecular formula is C27H29N5O4. The van der Waals surface area contributed by atoms with E-state index in [4.69, 9.17) is 9.47 Å². The Balaban J connectivity index is 1.56. The van der Waals surface area contributed by atoms with Crippen LogP contribution in [0, 0.1) is 0 Å². The number of amides is 2. The van der Waals surface area contributed by atoms with Crippen LogP contribution >= 0.6 is 0 Å². The molecule has 9 heteroatoms. The Hall–Kier alpha value is -4.37. The number of hydrogen-bond acceptors (Lipinski definition) is 6. The molecule has 0 aliphatic carbocycles. The van der Waals surface area contributed by atoms with Gasteiger partial charge in [-0.3, -0.25) is 10.1 Å². The number of pyridine rings is 1. The molecule has 4 rings (SSSR count). The highest BCUT2D eigenvalue weighted by Crippen LogP contribution is 2.32. The number of hydrogen-bond donors (Lipinski definition) is 3. The molecule has 0 unspecified atom stereocenters. The Morgan fingerprint density at radius 3 is 2.72 bits per heavy atom. The number of H-pyrrole nitrogens is 1. The number of benzene rings is 2. The van der Waals surface area contributed by atoms with Crippen molar-refractivity contribution in [1.29, 1.82) is 0 Å². The molecule has 0 spiro atoms. The van der Waals surface area contributed by atoms with Crippen molar-refractivity contribution >= 4 is 11.7 Å². The van der Waals surface area contributed by atoms with Gasteiger partial charge in [0.25, 0.3) is 0 Å².